The van der Waals surface area contributed by atoms with Gasteiger partial charge in [0.15, 0.2) is 0 Å². The van der Waals surface area contributed by atoms with Crippen molar-refractivity contribution in [2.24, 2.45) is 0 Å². The van der Waals surface area contributed by atoms with E-state index in [4.69, 9.17) is 0 Å². The Morgan fingerprint density at radius 3 is 2.70 bits per heavy atom. The number of imidazole rings is 1. The van der Waals surface area contributed by atoms with E-state index in [1.807, 2.05) is 6.92 Å². The lowest BCUT2D eigenvalue weighted by atomic mass is 10.1. The van der Waals surface area contributed by atoms with Gasteiger partial charge in [-0.2, -0.15) is 13.2 Å². The monoisotopic (exact) mass is 287 g/mol. The summed E-state index contributed by atoms with van der Waals surface area (Å²) in [6.45, 7) is 3.13. The second kappa shape index (κ2) is 5.62. The van der Waals surface area contributed by atoms with Crippen LogP contribution in [0.1, 0.15) is 18.2 Å². The first-order chi connectivity index (χ1) is 9.41. The van der Waals surface area contributed by atoms with E-state index in [1.165, 1.54) is 6.20 Å². The molecule has 20 heavy (non-hydrogen) atoms. The molecule has 3 nitrogen and oxygen atoms in total. The Hall–Kier alpha value is -1.89. The highest BCUT2D eigenvalue weighted by Gasteiger charge is 2.34. The van der Waals surface area contributed by atoms with Gasteiger partial charge < -0.3 is 10.3 Å². The molecule has 0 fully saturated rings. The molecule has 0 bridgehead atoms. The van der Waals surface area contributed by atoms with Crippen LogP contribution in [-0.4, -0.2) is 16.5 Å². The van der Waals surface area contributed by atoms with Gasteiger partial charge in [-0.15, -0.1) is 0 Å². The fraction of sp³-hybridized carbons (Fsp3) is 0.308. The van der Waals surface area contributed by atoms with Gasteiger partial charge in [-0.05, 0) is 24.7 Å². The van der Waals surface area contributed by atoms with Crippen molar-refractivity contribution in [1.29, 1.82) is 0 Å². The molecule has 108 valence electrons. The minimum atomic E-state index is -4.63. The predicted molar refractivity (Wildman–Crippen MR) is 66.4 cm³/mol. The summed E-state index contributed by atoms with van der Waals surface area (Å²) in [4.78, 5) is 6.73. The Morgan fingerprint density at radius 2 is 2.05 bits per heavy atom. The molecule has 0 spiro atoms. The Morgan fingerprint density at radius 1 is 1.30 bits per heavy atom. The number of hydrogen-bond acceptors (Lipinski definition) is 2. The van der Waals surface area contributed by atoms with Crippen molar-refractivity contribution in [3.8, 4) is 11.4 Å². The van der Waals surface area contributed by atoms with E-state index in [0.29, 0.717) is 18.3 Å². The first-order valence-corrected chi connectivity index (χ1v) is 6.03. The summed E-state index contributed by atoms with van der Waals surface area (Å²) in [6, 6.07) is 2.53. The zero-order valence-corrected chi connectivity index (χ0v) is 10.7. The predicted octanol–water partition coefficient (Wildman–Crippen LogP) is 3.34. The lowest BCUT2D eigenvalue weighted by Gasteiger charge is -2.11. The van der Waals surface area contributed by atoms with E-state index < -0.39 is 17.6 Å². The Bertz CT molecular complexity index is 590. The molecule has 0 saturated carbocycles. The van der Waals surface area contributed by atoms with Gasteiger partial charge in [0.1, 0.15) is 11.6 Å². The topological polar surface area (TPSA) is 40.7 Å². The highest BCUT2D eigenvalue weighted by molar-refractivity contribution is 5.61. The molecule has 0 unspecified atom stereocenters. The van der Waals surface area contributed by atoms with Crippen molar-refractivity contribution in [2.45, 2.75) is 19.6 Å². The summed E-state index contributed by atoms with van der Waals surface area (Å²) in [6.07, 6.45) is -3.17. The second-order valence-corrected chi connectivity index (χ2v) is 4.23. The summed E-state index contributed by atoms with van der Waals surface area (Å²) >= 11 is 0. The van der Waals surface area contributed by atoms with Crippen LogP contribution in [0.15, 0.2) is 24.4 Å². The van der Waals surface area contributed by atoms with Crippen LogP contribution in [0.4, 0.5) is 17.6 Å². The van der Waals surface area contributed by atoms with E-state index in [2.05, 4.69) is 15.3 Å². The van der Waals surface area contributed by atoms with Crippen LogP contribution >= 0.6 is 0 Å². The molecule has 0 saturated heterocycles. The first kappa shape index (κ1) is 14.5. The molecule has 0 amide bonds. The standard InChI is InChI=1S/C13H13F4N3/c1-2-18-6-9-7-19-12(20-9)10-4-3-8(14)5-11(10)13(15,16)17/h3-5,7,18H,2,6H2,1H3,(H,19,20). The van der Waals surface area contributed by atoms with Crippen molar-refractivity contribution in [2.75, 3.05) is 6.54 Å². The van der Waals surface area contributed by atoms with Crippen molar-refractivity contribution in [1.82, 2.24) is 15.3 Å². The van der Waals surface area contributed by atoms with Crippen LogP contribution < -0.4 is 5.32 Å². The first-order valence-electron chi connectivity index (χ1n) is 6.03. The van der Waals surface area contributed by atoms with Crippen LogP contribution in [0.3, 0.4) is 0 Å². The van der Waals surface area contributed by atoms with Crippen molar-refractivity contribution >= 4 is 0 Å². The van der Waals surface area contributed by atoms with Crippen LogP contribution in [-0.2, 0) is 12.7 Å². The van der Waals surface area contributed by atoms with Crippen LogP contribution in [0.2, 0.25) is 0 Å². The number of hydrogen-bond donors (Lipinski definition) is 2. The number of halogens is 4. The van der Waals surface area contributed by atoms with E-state index >= 15 is 0 Å². The van der Waals surface area contributed by atoms with Gasteiger partial charge in [-0.1, -0.05) is 6.92 Å². The van der Waals surface area contributed by atoms with Gasteiger partial charge in [0.25, 0.3) is 0 Å². The smallest absolute Gasteiger partial charge is 0.341 e. The average molecular weight is 287 g/mol. The quantitative estimate of drug-likeness (QED) is 0.847. The third-order valence-electron chi connectivity index (χ3n) is 2.74. The number of aromatic nitrogens is 2. The van der Waals surface area contributed by atoms with Gasteiger partial charge in [-0.25, -0.2) is 9.37 Å². The van der Waals surface area contributed by atoms with E-state index in [-0.39, 0.29) is 11.4 Å². The van der Waals surface area contributed by atoms with Crippen LogP contribution in [0.5, 0.6) is 0 Å². The number of rotatable bonds is 4. The van der Waals surface area contributed by atoms with Gasteiger partial charge in [-0.3, -0.25) is 0 Å². The molecular formula is C13H13F4N3. The van der Waals surface area contributed by atoms with Gasteiger partial charge in [0.2, 0.25) is 0 Å². The molecule has 2 N–H and O–H groups in total. The molecule has 0 aliphatic rings. The summed E-state index contributed by atoms with van der Waals surface area (Å²) in [7, 11) is 0. The van der Waals surface area contributed by atoms with Crippen molar-refractivity contribution in [3.05, 3.63) is 41.5 Å². The molecule has 2 rings (SSSR count). The molecule has 0 radical (unpaired) electrons. The third kappa shape index (κ3) is 3.16. The number of H-pyrrole nitrogens is 1. The number of alkyl halides is 3. The van der Waals surface area contributed by atoms with Gasteiger partial charge in [0, 0.05) is 24.0 Å². The van der Waals surface area contributed by atoms with Crippen LogP contribution in [0, 0.1) is 5.82 Å². The highest BCUT2D eigenvalue weighted by Crippen LogP contribution is 2.36. The molecule has 1 heterocycles. The fourth-order valence-electron chi connectivity index (χ4n) is 1.80. The lowest BCUT2D eigenvalue weighted by molar-refractivity contribution is -0.137. The number of aromatic amines is 1. The Kier molecular flexibility index (Phi) is 4.08. The maximum atomic E-state index is 13.0. The normalized spacial score (nSPS) is 11.8. The number of nitrogens with zero attached hydrogens (tertiary/aromatic N) is 1. The molecule has 0 atom stereocenters. The average Bonchev–Trinajstić information content (AvgIpc) is 2.84. The molecule has 1 aromatic carbocycles. The summed E-state index contributed by atoms with van der Waals surface area (Å²) in [5.74, 6) is -0.856. The zero-order chi connectivity index (χ0) is 14.8. The maximum absolute atomic E-state index is 13.0. The van der Waals surface area contributed by atoms with Crippen molar-refractivity contribution in [3.63, 3.8) is 0 Å². The van der Waals surface area contributed by atoms with E-state index in [0.717, 1.165) is 18.7 Å². The second-order valence-electron chi connectivity index (χ2n) is 4.23. The molecule has 0 aliphatic carbocycles. The zero-order valence-electron chi connectivity index (χ0n) is 10.7. The van der Waals surface area contributed by atoms with Crippen molar-refractivity contribution < 1.29 is 17.6 Å². The maximum Gasteiger partial charge on any atom is 0.417 e. The van der Waals surface area contributed by atoms with E-state index in [1.54, 1.807) is 0 Å². The SMILES string of the molecule is CCNCc1cnc(-c2ccc(F)cc2C(F)(F)F)[nH]1. The van der Waals surface area contributed by atoms with Gasteiger partial charge >= 0.3 is 6.18 Å². The molecule has 1 aromatic heterocycles. The minimum absolute atomic E-state index is 0.0743. The van der Waals surface area contributed by atoms with E-state index in [9.17, 15) is 17.6 Å². The minimum Gasteiger partial charge on any atom is -0.341 e. The summed E-state index contributed by atoms with van der Waals surface area (Å²) in [5.41, 5.74) is -0.539. The van der Waals surface area contributed by atoms with Crippen LogP contribution in [0.25, 0.3) is 11.4 Å². The van der Waals surface area contributed by atoms with Gasteiger partial charge in [0.05, 0.1) is 5.56 Å². The molecular weight excluding hydrogens is 274 g/mol. The number of benzene rings is 1. The Labute approximate surface area is 113 Å². The molecule has 0 aliphatic heterocycles. The molecule has 7 heteroatoms. The lowest BCUT2D eigenvalue weighted by Crippen LogP contribution is -2.12. The Balaban J connectivity index is 2.39. The largest absolute Gasteiger partial charge is 0.417 e. The molecule has 2 aromatic rings. The summed E-state index contributed by atoms with van der Waals surface area (Å²) < 4.78 is 51.7. The fourth-order valence-corrected chi connectivity index (χ4v) is 1.80. The third-order valence-corrected chi connectivity index (χ3v) is 2.74. The summed E-state index contributed by atoms with van der Waals surface area (Å²) in [5, 5.41) is 3.03. The highest BCUT2D eigenvalue weighted by atomic mass is 19.4. The number of nitrogens with one attached hydrogen (secondary N) is 2.